The molecule has 1 aliphatic rings. The number of carboxylic acid groups (broad SMARTS) is 1. The first-order chi connectivity index (χ1) is 7.00. The normalized spacial score (nSPS) is 25.7. The second-order valence-corrected chi connectivity index (χ2v) is 3.78. The lowest BCUT2D eigenvalue weighted by atomic mass is 10.0. The smallest absolute Gasteiger partial charge is 0.404 e. The fourth-order valence-corrected chi connectivity index (χ4v) is 1.52. The molecule has 2 atom stereocenters. The summed E-state index contributed by atoms with van der Waals surface area (Å²) in [5.74, 6) is -0.0659. The molecule has 86 valence electrons. The monoisotopic (exact) mass is 216 g/mol. The van der Waals surface area contributed by atoms with E-state index in [2.05, 4.69) is 5.32 Å². The maximum absolute atomic E-state index is 11.5. The standard InChI is InChI=1S/C9H16N2O4/c1-11(2)8(12)7-4-3-6(5-15-7)10-9(13)14/h6-7,10H,3-5H2,1-2H3,(H,13,14). The van der Waals surface area contributed by atoms with Crippen molar-refractivity contribution in [3.05, 3.63) is 0 Å². The highest BCUT2D eigenvalue weighted by atomic mass is 16.5. The van der Waals surface area contributed by atoms with Crippen molar-refractivity contribution in [2.24, 2.45) is 0 Å². The van der Waals surface area contributed by atoms with Gasteiger partial charge >= 0.3 is 6.09 Å². The van der Waals surface area contributed by atoms with Gasteiger partial charge in [-0.15, -0.1) is 0 Å². The average Bonchev–Trinajstić information content (AvgIpc) is 2.17. The van der Waals surface area contributed by atoms with Gasteiger partial charge in [0.15, 0.2) is 0 Å². The number of amides is 2. The molecule has 1 fully saturated rings. The number of nitrogens with zero attached hydrogens (tertiary/aromatic N) is 1. The molecular formula is C9H16N2O4. The molecule has 6 nitrogen and oxygen atoms in total. The van der Waals surface area contributed by atoms with Gasteiger partial charge in [0, 0.05) is 14.1 Å². The van der Waals surface area contributed by atoms with E-state index < -0.39 is 12.2 Å². The van der Waals surface area contributed by atoms with E-state index in [1.807, 2.05) is 0 Å². The summed E-state index contributed by atoms with van der Waals surface area (Å²) in [6.07, 6.45) is -0.286. The van der Waals surface area contributed by atoms with Crippen LogP contribution in [0.3, 0.4) is 0 Å². The minimum Gasteiger partial charge on any atom is -0.465 e. The molecule has 1 heterocycles. The predicted octanol–water partition coefficient (Wildman–Crippen LogP) is -0.110. The van der Waals surface area contributed by atoms with Crippen LogP contribution in [0.1, 0.15) is 12.8 Å². The van der Waals surface area contributed by atoms with Crippen molar-refractivity contribution < 1.29 is 19.4 Å². The van der Waals surface area contributed by atoms with E-state index in [4.69, 9.17) is 9.84 Å². The molecular weight excluding hydrogens is 200 g/mol. The SMILES string of the molecule is CN(C)C(=O)C1CCC(NC(=O)O)CO1. The predicted molar refractivity (Wildman–Crippen MR) is 52.6 cm³/mol. The second kappa shape index (κ2) is 4.97. The number of hydrogen-bond donors (Lipinski definition) is 2. The molecule has 0 saturated carbocycles. The second-order valence-electron chi connectivity index (χ2n) is 3.78. The molecule has 2 N–H and O–H groups in total. The molecule has 2 amide bonds. The summed E-state index contributed by atoms with van der Waals surface area (Å²) in [4.78, 5) is 23.3. The zero-order valence-electron chi connectivity index (χ0n) is 8.90. The lowest BCUT2D eigenvalue weighted by Gasteiger charge is -2.29. The Morgan fingerprint density at radius 2 is 2.07 bits per heavy atom. The molecule has 0 radical (unpaired) electrons. The fraction of sp³-hybridized carbons (Fsp3) is 0.778. The van der Waals surface area contributed by atoms with Crippen LogP contribution in [-0.2, 0) is 9.53 Å². The third-order valence-corrected chi connectivity index (χ3v) is 2.32. The summed E-state index contributed by atoms with van der Waals surface area (Å²) in [6, 6.07) is -0.200. The van der Waals surface area contributed by atoms with Gasteiger partial charge in [0.25, 0.3) is 5.91 Å². The van der Waals surface area contributed by atoms with Crippen molar-refractivity contribution in [1.82, 2.24) is 10.2 Å². The summed E-state index contributed by atoms with van der Waals surface area (Å²) >= 11 is 0. The van der Waals surface area contributed by atoms with Crippen molar-refractivity contribution in [2.45, 2.75) is 25.0 Å². The van der Waals surface area contributed by atoms with E-state index in [-0.39, 0.29) is 18.6 Å². The Kier molecular flexibility index (Phi) is 3.90. The topological polar surface area (TPSA) is 78.9 Å². The Balaban J connectivity index is 2.35. The molecule has 0 aromatic carbocycles. The van der Waals surface area contributed by atoms with Crippen LogP contribution < -0.4 is 5.32 Å². The van der Waals surface area contributed by atoms with Gasteiger partial charge in [0.05, 0.1) is 12.6 Å². The van der Waals surface area contributed by atoms with E-state index in [9.17, 15) is 9.59 Å². The minimum atomic E-state index is -1.05. The summed E-state index contributed by atoms with van der Waals surface area (Å²) < 4.78 is 5.30. The zero-order chi connectivity index (χ0) is 11.4. The van der Waals surface area contributed by atoms with Crippen LogP contribution in [0.15, 0.2) is 0 Å². The van der Waals surface area contributed by atoms with Crippen LogP contribution in [0, 0.1) is 0 Å². The number of hydrogen-bond acceptors (Lipinski definition) is 3. The van der Waals surface area contributed by atoms with E-state index in [1.165, 1.54) is 4.90 Å². The highest BCUT2D eigenvalue weighted by Gasteiger charge is 2.28. The largest absolute Gasteiger partial charge is 0.465 e. The van der Waals surface area contributed by atoms with Gasteiger partial charge in [-0.25, -0.2) is 4.79 Å². The minimum absolute atomic E-state index is 0.0659. The Bertz CT molecular complexity index is 246. The molecule has 0 aliphatic carbocycles. The van der Waals surface area contributed by atoms with Gasteiger partial charge in [-0.3, -0.25) is 4.79 Å². The highest BCUT2D eigenvalue weighted by molar-refractivity contribution is 5.80. The first kappa shape index (κ1) is 11.8. The number of nitrogens with one attached hydrogen (secondary N) is 1. The lowest BCUT2D eigenvalue weighted by molar-refractivity contribution is -0.144. The maximum Gasteiger partial charge on any atom is 0.404 e. The van der Waals surface area contributed by atoms with Gasteiger partial charge in [0.2, 0.25) is 0 Å². The summed E-state index contributed by atoms with van der Waals surface area (Å²) in [7, 11) is 3.35. The number of carbonyl (C=O) groups is 2. The average molecular weight is 216 g/mol. The molecule has 1 saturated heterocycles. The van der Waals surface area contributed by atoms with Crippen molar-refractivity contribution in [2.75, 3.05) is 20.7 Å². The van der Waals surface area contributed by atoms with E-state index >= 15 is 0 Å². The van der Waals surface area contributed by atoms with Gasteiger partial charge in [-0.2, -0.15) is 0 Å². The van der Waals surface area contributed by atoms with Crippen LogP contribution in [0.2, 0.25) is 0 Å². The quantitative estimate of drug-likeness (QED) is 0.675. The van der Waals surface area contributed by atoms with Crippen LogP contribution >= 0.6 is 0 Å². The summed E-state index contributed by atoms with van der Waals surface area (Å²) in [6.45, 7) is 0.260. The zero-order valence-corrected chi connectivity index (χ0v) is 8.90. The molecule has 1 aliphatic heterocycles. The molecule has 0 aromatic rings. The third kappa shape index (κ3) is 3.39. The highest BCUT2D eigenvalue weighted by Crippen LogP contribution is 2.14. The molecule has 6 heteroatoms. The van der Waals surface area contributed by atoms with E-state index in [0.717, 1.165) is 0 Å². The van der Waals surface area contributed by atoms with Crippen LogP contribution in [0.5, 0.6) is 0 Å². The van der Waals surface area contributed by atoms with Gasteiger partial charge in [-0.05, 0) is 12.8 Å². The number of carbonyl (C=O) groups excluding carboxylic acids is 1. The molecule has 1 rings (SSSR count). The van der Waals surface area contributed by atoms with Crippen LogP contribution in [0.25, 0.3) is 0 Å². The molecule has 15 heavy (non-hydrogen) atoms. The fourth-order valence-electron chi connectivity index (χ4n) is 1.52. The Hall–Kier alpha value is -1.30. The number of likely N-dealkylation sites (N-methyl/N-ethyl adjacent to an activating group) is 1. The molecule has 0 aromatic heterocycles. The number of rotatable bonds is 2. The molecule has 2 unspecified atom stereocenters. The first-order valence-electron chi connectivity index (χ1n) is 4.83. The number of ether oxygens (including phenoxy) is 1. The summed E-state index contributed by atoms with van der Waals surface area (Å²) in [5.41, 5.74) is 0. The Labute approximate surface area is 88.2 Å². The van der Waals surface area contributed by atoms with Crippen molar-refractivity contribution in [3.63, 3.8) is 0 Å². The first-order valence-corrected chi connectivity index (χ1v) is 4.83. The van der Waals surface area contributed by atoms with Crippen molar-refractivity contribution >= 4 is 12.0 Å². The Morgan fingerprint density at radius 3 is 2.47 bits per heavy atom. The van der Waals surface area contributed by atoms with Crippen molar-refractivity contribution in [1.29, 1.82) is 0 Å². The Morgan fingerprint density at radius 1 is 1.40 bits per heavy atom. The lowest BCUT2D eigenvalue weighted by Crippen LogP contribution is -2.46. The van der Waals surface area contributed by atoms with Crippen LogP contribution in [0.4, 0.5) is 4.79 Å². The molecule has 0 bridgehead atoms. The van der Waals surface area contributed by atoms with Crippen LogP contribution in [-0.4, -0.2) is 54.9 Å². The maximum atomic E-state index is 11.5. The third-order valence-electron chi connectivity index (χ3n) is 2.32. The molecule has 0 spiro atoms. The summed E-state index contributed by atoms with van der Waals surface area (Å²) in [5, 5.41) is 10.8. The van der Waals surface area contributed by atoms with Gasteiger partial charge in [0.1, 0.15) is 6.10 Å². The van der Waals surface area contributed by atoms with Gasteiger partial charge in [-0.1, -0.05) is 0 Å². The van der Waals surface area contributed by atoms with Crippen molar-refractivity contribution in [3.8, 4) is 0 Å². The van der Waals surface area contributed by atoms with E-state index in [0.29, 0.717) is 12.8 Å². The van der Waals surface area contributed by atoms with E-state index in [1.54, 1.807) is 14.1 Å². The van der Waals surface area contributed by atoms with Gasteiger partial charge < -0.3 is 20.1 Å².